The van der Waals surface area contributed by atoms with Crippen molar-refractivity contribution in [3.8, 4) is 0 Å². The number of carbonyl (C=O) groups is 7. The van der Waals surface area contributed by atoms with Crippen molar-refractivity contribution >= 4 is 64.1 Å². The lowest BCUT2D eigenvalue weighted by Crippen LogP contribution is -2.56. The van der Waals surface area contributed by atoms with Crippen LogP contribution in [0.25, 0.3) is 11.0 Å². The number of hydrogen-bond acceptors (Lipinski definition) is 9. The lowest BCUT2D eigenvalue weighted by molar-refractivity contribution is -0.133. The van der Waals surface area contributed by atoms with Gasteiger partial charge in [-0.05, 0) is 82.8 Å². The number of unbranched alkanes of at least 4 members (excludes halogenated alkanes) is 5. The molecule has 9 N–H and O–H groups in total. The first kappa shape index (κ1) is 45.5. The predicted molar refractivity (Wildman–Crippen MR) is 208 cm³/mol. The topological polar surface area (TPSA) is 246 Å². The van der Waals surface area contributed by atoms with Crippen molar-refractivity contribution in [1.82, 2.24) is 41.9 Å². The number of aromatic nitrogens is 2. The summed E-state index contributed by atoms with van der Waals surface area (Å²) in [5, 5.41) is 17.2. The Balaban J connectivity index is 1.85. The monoisotopic (exact) mass is 773 g/mol. The van der Waals surface area contributed by atoms with Crippen LogP contribution in [-0.2, 0) is 33.6 Å². The molecule has 0 saturated heterocycles. The number of rotatable bonds is 28. The molecule has 3 atom stereocenters. The van der Waals surface area contributed by atoms with Crippen LogP contribution in [0, 0.1) is 0 Å². The van der Waals surface area contributed by atoms with Gasteiger partial charge in [-0.15, -0.1) is 0 Å². The van der Waals surface area contributed by atoms with Gasteiger partial charge >= 0.3 is 0 Å². The molecule has 2 aromatic rings. The Morgan fingerprint density at radius 2 is 1.19 bits per heavy atom. The lowest BCUT2D eigenvalue weighted by Gasteiger charge is -2.25. The van der Waals surface area contributed by atoms with E-state index >= 15 is 0 Å². The number of nitrogens with zero attached hydrogens (tertiary/aromatic N) is 1. The number of nitrogens with two attached hydrogens (primary N) is 1. The molecular formula is C37H59N9O7S. The number of primary amides is 1. The van der Waals surface area contributed by atoms with E-state index < -0.39 is 41.8 Å². The second kappa shape index (κ2) is 26.2. The molecular weight excluding hydrogens is 715 g/mol. The minimum atomic E-state index is -1.04. The maximum absolute atomic E-state index is 13.5. The fourth-order valence-electron chi connectivity index (χ4n) is 5.61. The molecule has 17 heteroatoms. The number of aromatic amines is 1. The zero-order chi connectivity index (χ0) is 39.7. The van der Waals surface area contributed by atoms with Crippen LogP contribution in [0.1, 0.15) is 104 Å². The van der Waals surface area contributed by atoms with Crippen LogP contribution in [0.3, 0.4) is 0 Å². The van der Waals surface area contributed by atoms with E-state index in [0.717, 1.165) is 41.2 Å². The van der Waals surface area contributed by atoms with Gasteiger partial charge in [0.2, 0.25) is 41.4 Å². The van der Waals surface area contributed by atoms with E-state index in [1.165, 1.54) is 20.8 Å². The third-order valence-electron chi connectivity index (χ3n) is 8.47. The Morgan fingerprint density at radius 1 is 0.648 bits per heavy atom. The first-order chi connectivity index (χ1) is 25.8. The summed E-state index contributed by atoms with van der Waals surface area (Å²) in [6, 6.07) is 4.95. The van der Waals surface area contributed by atoms with Crippen LogP contribution < -0.4 is 37.6 Å². The number of fused-ring (bicyclic) bond motifs is 1. The molecule has 1 aromatic carbocycles. The Hall–Kier alpha value is -4.67. The van der Waals surface area contributed by atoms with Crippen molar-refractivity contribution in [3.05, 3.63) is 24.3 Å². The van der Waals surface area contributed by atoms with Crippen molar-refractivity contribution in [3.63, 3.8) is 0 Å². The van der Waals surface area contributed by atoms with E-state index in [-0.39, 0.29) is 37.0 Å². The van der Waals surface area contributed by atoms with Crippen LogP contribution in [-0.4, -0.2) is 94.8 Å². The molecule has 0 aliphatic heterocycles. The van der Waals surface area contributed by atoms with Gasteiger partial charge in [-0.1, -0.05) is 30.3 Å². The summed E-state index contributed by atoms with van der Waals surface area (Å²) < 4.78 is 0. The van der Waals surface area contributed by atoms with Crippen LogP contribution in [0.5, 0.6) is 0 Å². The van der Waals surface area contributed by atoms with Crippen molar-refractivity contribution in [2.45, 2.75) is 128 Å². The average molecular weight is 774 g/mol. The van der Waals surface area contributed by atoms with Crippen LogP contribution in [0.2, 0.25) is 0 Å². The minimum absolute atomic E-state index is 0.0537. The van der Waals surface area contributed by atoms with E-state index in [9.17, 15) is 33.6 Å². The molecule has 0 saturated carbocycles. The Bertz CT molecular complexity index is 1490. The van der Waals surface area contributed by atoms with Crippen molar-refractivity contribution in [2.24, 2.45) is 5.73 Å². The molecule has 16 nitrogen and oxygen atoms in total. The Kier molecular flexibility index (Phi) is 22.0. The summed E-state index contributed by atoms with van der Waals surface area (Å²) in [5.41, 5.74) is 7.54. The van der Waals surface area contributed by atoms with Gasteiger partial charge in [0.25, 0.3) is 0 Å². The quantitative estimate of drug-likeness (QED) is 0.0465. The van der Waals surface area contributed by atoms with E-state index in [4.69, 9.17) is 5.73 Å². The highest BCUT2D eigenvalue weighted by atomic mass is 32.2. The molecule has 300 valence electrons. The molecule has 2 rings (SSSR count). The normalized spacial score (nSPS) is 12.6. The molecule has 0 bridgehead atoms. The number of H-pyrrole nitrogens is 1. The van der Waals surface area contributed by atoms with Crippen molar-refractivity contribution < 1.29 is 33.6 Å². The highest BCUT2D eigenvalue weighted by Crippen LogP contribution is 2.20. The summed E-state index contributed by atoms with van der Waals surface area (Å²) in [7, 11) is 0. The summed E-state index contributed by atoms with van der Waals surface area (Å²) in [6.45, 7) is 5.35. The number of benzene rings is 1. The second-order valence-electron chi connectivity index (χ2n) is 13.3. The molecule has 1 aromatic heterocycles. The molecule has 0 fully saturated rings. The lowest BCUT2D eigenvalue weighted by atomic mass is 10.0. The Morgan fingerprint density at radius 3 is 1.74 bits per heavy atom. The third-order valence-corrected chi connectivity index (χ3v) is 9.43. The van der Waals surface area contributed by atoms with E-state index in [2.05, 4.69) is 41.9 Å². The summed E-state index contributed by atoms with van der Waals surface area (Å²) >= 11 is 1.66. The molecule has 0 radical (unpaired) electrons. The number of carbonyl (C=O) groups excluding carboxylic acids is 7. The number of para-hydroxylation sites is 2. The predicted octanol–water partition coefficient (Wildman–Crippen LogP) is 2.07. The SMILES string of the molecule is CC(=O)NCCCC[C@H](NC(=O)[C@H](CCCCNC(=O)CCCCCSc1nc2ccccc2[nH]1)NC(=O)[C@H](CCCCNC(C)=O)NC(C)=O)C(N)=O. The van der Waals surface area contributed by atoms with Gasteiger partial charge in [0.15, 0.2) is 5.16 Å². The maximum atomic E-state index is 13.5. The zero-order valence-electron chi connectivity index (χ0n) is 31.9. The van der Waals surface area contributed by atoms with Gasteiger partial charge in [-0.25, -0.2) is 4.98 Å². The molecule has 54 heavy (non-hydrogen) atoms. The molecule has 0 aliphatic carbocycles. The van der Waals surface area contributed by atoms with Gasteiger partial charge in [-0.3, -0.25) is 33.6 Å². The minimum Gasteiger partial charge on any atom is -0.368 e. The molecule has 0 spiro atoms. The molecule has 0 unspecified atom stereocenters. The molecule has 1 heterocycles. The van der Waals surface area contributed by atoms with Crippen LogP contribution in [0.4, 0.5) is 0 Å². The largest absolute Gasteiger partial charge is 0.368 e. The van der Waals surface area contributed by atoms with Gasteiger partial charge in [-0.2, -0.15) is 0 Å². The number of nitrogens with one attached hydrogen (secondary N) is 7. The van der Waals surface area contributed by atoms with E-state index in [1.54, 1.807) is 11.8 Å². The van der Waals surface area contributed by atoms with Crippen LogP contribution >= 0.6 is 11.8 Å². The smallest absolute Gasteiger partial charge is 0.243 e. The van der Waals surface area contributed by atoms with Gasteiger partial charge in [0.05, 0.1) is 11.0 Å². The number of hydrogen-bond donors (Lipinski definition) is 8. The maximum Gasteiger partial charge on any atom is 0.243 e. The standard InChI is InChI=1S/C37H59N9O7S/c1-25(47)39-21-11-8-17-30(34(38)51)43-36(53)32(44-35(52)31(42-27(3)49)18-9-12-22-40-26(2)48)19-10-13-23-41-33(50)20-5-4-14-24-54-37-45-28-15-6-7-16-29(28)46-37/h6-7,15-16,30-32H,4-5,8-14,17-24H2,1-3H3,(H2,38,51)(H,39,47)(H,40,48)(H,41,50)(H,42,49)(H,43,53)(H,44,52)(H,45,46)/t30-,31-,32-/m0/s1. The highest BCUT2D eigenvalue weighted by molar-refractivity contribution is 7.99. The fourth-order valence-corrected chi connectivity index (χ4v) is 6.50. The van der Waals surface area contributed by atoms with Gasteiger partial charge < -0.3 is 42.6 Å². The summed E-state index contributed by atoms with van der Waals surface area (Å²) in [6.07, 6.45) is 6.98. The van der Waals surface area contributed by atoms with Gasteiger partial charge in [0, 0.05) is 52.6 Å². The summed E-state index contributed by atoms with van der Waals surface area (Å²) in [4.78, 5) is 93.6. The van der Waals surface area contributed by atoms with Crippen molar-refractivity contribution in [2.75, 3.05) is 25.4 Å². The number of imidazole rings is 1. The second-order valence-corrected chi connectivity index (χ2v) is 14.4. The summed E-state index contributed by atoms with van der Waals surface area (Å²) in [5.74, 6) is -1.78. The van der Waals surface area contributed by atoms with Gasteiger partial charge in [0.1, 0.15) is 18.1 Å². The molecule has 7 amide bonds. The number of amides is 7. The molecule has 0 aliphatic rings. The Labute approximate surface area is 321 Å². The van der Waals surface area contributed by atoms with E-state index in [1.807, 2.05) is 24.3 Å². The zero-order valence-corrected chi connectivity index (χ0v) is 32.7. The van der Waals surface area contributed by atoms with Crippen molar-refractivity contribution in [1.29, 1.82) is 0 Å². The van der Waals surface area contributed by atoms with Crippen LogP contribution in [0.15, 0.2) is 29.4 Å². The fraction of sp³-hybridized carbons (Fsp3) is 0.622. The third kappa shape index (κ3) is 20.0. The van der Waals surface area contributed by atoms with E-state index in [0.29, 0.717) is 64.6 Å². The first-order valence-corrected chi connectivity index (χ1v) is 19.8. The first-order valence-electron chi connectivity index (χ1n) is 18.9. The highest BCUT2D eigenvalue weighted by Gasteiger charge is 2.28. The average Bonchev–Trinajstić information content (AvgIpc) is 3.53. The number of thioether (sulfide) groups is 1.